The maximum atomic E-state index is 11.8. The van der Waals surface area contributed by atoms with Crippen LogP contribution < -0.4 is 10.2 Å². The fourth-order valence-electron chi connectivity index (χ4n) is 2.26. The van der Waals surface area contributed by atoms with Gasteiger partial charge in [-0.3, -0.25) is 14.9 Å². The lowest BCUT2D eigenvalue weighted by Crippen LogP contribution is -2.33. The predicted octanol–water partition coefficient (Wildman–Crippen LogP) is 1.30. The fraction of sp³-hybridized carbons (Fsp3) is 0.467. The Labute approximate surface area is 143 Å². The Balaban J connectivity index is 2.06. The third-order valence-corrected chi connectivity index (χ3v) is 3.36. The molecule has 0 aliphatic carbocycles. The third kappa shape index (κ3) is 4.88. The van der Waals surface area contributed by atoms with Crippen LogP contribution in [0.3, 0.4) is 0 Å². The van der Waals surface area contributed by atoms with E-state index in [9.17, 15) is 20.0 Å². The number of carbonyl (C=O) groups is 1. The van der Waals surface area contributed by atoms with Crippen LogP contribution >= 0.6 is 0 Å². The predicted molar refractivity (Wildman–Crippen MR) is 86.6 cm³/mol. The number of amides is 1. The molecule has 2 N–H and O–H groups in total. The summed E-state index contributed by atoms with van der Waals surface area (Å²) in [7, 11) is 0. The van der Waals surface area contributed by atoms with Gasteiger partial charge >= 0.3 is 5.69 Å². The second-order valence-corrected chi connectivity index (χ2v) is 5.38. The molecule has 136 valence electrons. The van der Waals surface area contributed by atoms with Gasteiger partial charge in [-0.25, -0.2) is 5.43 Å². The molecule has 10 heteroatoms. The fourth-order valence-corrected chi connectivity index (χ4v) is 2.26. The minimum atomic E-state index is -0.973. The van der Waals surface area contributed by atoms with E-state index in [0.29, 0.717) is 13.2 Å². The number of nitro groups is 1. The third-order valence-electron chi connectivity index (χ3n) is 3.36. The Bertz CT molecular complexity index is 684. The molecule has 1 amide bonds. The zero-order valence-corrected chi connectivity index (χ0v) is 13.9. The first-order valence-electron chi connectivity index (χ1n) is 7.58. The first kappa shape index (κ1) is 18.6. The summed E-state index contributed by atoms with van der Waals surface area (Å²) in [5.41, 5.74) is 2.07. The number of hydrogen-bond acceptors (Lipinski definition) is 8. The molecule has 1 aromatic carbocycles. The Morgan fingerprint density at radius 1 is 1.52 bits per heavy atom. The molecule has 1 aromatic rings. The van der Waals surface area contributed by atoms with Crippen molar-refractivity contribution in [1.29, 1.82) is 0 Å². The van der Waals surface area contributed by atoms with Crippen molar-refractivity contribution in [2.75, 3.05) is 19.8 Å². The highest BCUT2D eigenvalue weighted by Gasteiger charge is 2.33. The van der Waals surface area contributed by atoms with Crippen molar-refractivity contribution in [3.63, 3.8) is 0 Å². The zero-order valence-electron chi connectivity index (χ0n) is 13.9. The van der Waals surface area contributed by atoms with E-state index in [2.05, 4.69) is 10.5 Å². The van der Waals surface area contributed by atoms with Gasteiger partial charge in [0, 0.05) is 11.6 Å². The number of phenolic OH excluding ortho intramolecular Hbond substituents is 1. The Kier molecular flexibility index (Phi) is 5.88. The van der Waals surface area contributed by atoms with Gasteiger partial charge in [-0.1, -0.05) is 0 Å². The van der Waals surface area contributed by atoms with Gasteiger partial charge in [-0.05, 0) is 19.9 Å². The van der Waals surface area contributed by atoms with Crippen LogP contribution in [-0.2, 0) is 14.3 Å². The molecule has 1 aliphatic heterocycles. The number of carbonyl (C=O) groups excluding carboxylic acids is 1. The largest absolute Gasteiger partial charge is 0.500 e. The van der Waals surface area contributed by atoms with Gasteiger partial charge in [0.25, 0.3) is 0 Å². The Morgan fingerprint density at radius 3 is 2.80 bits per heavy atom. The number of aromatic hydroxyl groups is 1. The average molecular weight is 353 g/mol. The summed E-state index contributed by atoms with van der Waals surface area (Å²) in [5.74, 6) is -2.00. The van der Waals surface area contributed by atoms with Crippen LogP contribution in [-0.4, -0.2) is 47.8 Å². The highest BCUT2D eigenvalue weighted by Crippen LogP contribution is 2.36. The van der Waals surface area contributed by atoms with E-state index in [1.807, 2.05) is 0 Å². The highest BCUT2D eigenvalue weighted by molar-refractivity contribution is 5.85. The SMILES string of the molecule is CCOc1cc(/C=N\NC(=O)CC2(C)OCCO2)cc([N+](=O)[O-])c1O. The molecular weight excluding hydrogens is 334 g/mol. The Hall–Kier alpha value is -2.72. The zero-order chi connectivity index (χ0) is 18.4. The maximum absolute atomic E-state index is 11.8. The van der Waals surface area contributed by atoms with E-state index in [1.165, 1.54) is 12.3 Å². The molecular formula is C15H19N3O7. The molecule has 1 fully saturated rings. The number of nitrogens with one attached hydrogen (secondary N) is 1. The molecule has 2 rings (SSSR count). The van der Waals surface area contributed by atoms with Crippen molar-refractivity contribution in [1.82, 2.24) is 5.43 Å². The molecule has 1 saturated heterocycles. The van der Waals surface area contributed by atoms with Gasteiger partial charge in [-0.2, -0.15) is 5.10 Å². The number of nitro benzene ring substituents is 1. The number of phenols is 1. The van der Waals surface area contributed by atoms with E-state index in [-0.39, 0.29) is 24.3 Å². The van der Waals surface area contributed by atoms with E-state index < -0.39 is 28.1 Å². The van der Waals surface area contributed by atoms with E-state index >= 15 is 0 Å². The summed E-state index contributed by atoms with van der Waals surface area (Å²) < 4.78 is 15.8. The molecule has 0 aromatic heterocycles. The number of hydrogen-bond donors (Lipinski definition) is 2. The first-order chi connectivity index (χ1) is 11.8. The van der Waals surface area contributed by atoms with E-state index in [0.717, 1.165) is 6.07 Å². The van der Waals surface area contributed by atoms with Crippen LogP contribution in [0.2, 0.25) is 0 Å². The average Bonchev–Trinajstić information content (AvgIpc) is 2.96. The molecule has 25 heavy (non-hydrogen) atoms. The minimum Gasteiger partial charge on any atom is -0.500 e. The van der Waals surface area contributed by atoms with Crippen LogP contribution in [0.25, 0.3) is 0 Å². The summed E-state index contributed by atoms with van der Waals surface area (Å²) in [6, 6.07) is 2.50. The van der Waals surface area contributed by atoms with Crippen LogP contribution in [0, 0.1) is 10.1 Å². The smallest absolute Gasteiger partial charge is 0.315 e. The maximum Gasteiger partial charge on any atom is 0.315 e. The minimum absolute atomic E-state index is 0.0373. The molecule has 0 atom stereocenters. The topological polar surface area (TPSA) is 133 Å². The van der Waals surface area contributed by atoms with Crippen molar-refractivity contribution in [2.45, 2.75) is 26.1 Å². The summed E-state index contributed by atoms with van der Waals surface area (Å²) in [5, 5.41) is 24.5. The van der Waals surface area contributed by atoms with Crippen molar-refractivity contribution in [2.24, 2.45) is 5.10 Å². The number of rotatable bonds is 7. The van der Waals surface area contributed by atoms with E-state index in [1.54, 1.807) is 13.8 Å². The molecule has 0 radical (unpaired) electrons. The van der Waals surface area contributed by atoms with Crippen molar-refractivity contribution in [3.05, 3.63) is 27.8 Å². The lowest BCUT2D eigenvalue weighted by atomic mass is 10.2. The van der Waals surface area contributed by atoms with Gasteiger partial charge in [0.15, 0.2) is 11.5 Å². The van der Waals surface area contributed by atoms with E-state index in [4.69, 9.17) is 14.2 Å². The quantitative estimate of drug-likeness (QED) is 0.429. The summed E-state index contributed by atoms with van der Waals surface area (Å²) >= 11 is 0. The van der Waals surface area contributed by atoms with Gasteiger partial charge in [0.1, 0.15) is 0 Å². The molecule has 0 unspecified atom stereocenters. The second kappa shape index (κ2) is 7.90. The first-order valence-corrected chi connectivity index (χ1v) is 7.58. The van der Waals surface area contributed by atoms with Gasteiger partial charge < -0.3 is 19.3 Å². The molecule has 0 saturated carbocycles. The summed E-state index contributed by atoms with van der Waals surface area (Å²) in [6.07, 6.45) is 1.18. The van der Waals surface area contributed by atoms with Crippen molar-refractivity contribution >= 4 is 17.8 Å². The van der Waals surface area contributed by atoms with Crippen LogP contribution in [0.5, 0.6) is 11.5 Å². The van der Waals surface area contributed by atoms with Crippen LogP contribution in [0.15, 0.2) is 17.2 Å². The molecule has 10 nitrogen and oxygen atoms in total. The molecule has 1 aliphatic rings. The van der Waals surface area contributed by atoms with Crippen LogP contribution in [0.1, 0.15) is 25.8 Å². The van der Waals surface area contributed by atoms with Gasteiger partial charge in [0.05, 0.1) is 37.4 Å². The normalized spacial score (nSPS) is 16.1. The lowest BCUT2D eigenvalue weighted by Gasteiger charge is -2.20. The number of nitrogens with zero attached hydrogens (tertiary/aromatic N) is 2. The van der Waals surface area contributed by atoms with Crippen molar-refractivity contribution in [3.8, 4) is 11.5 Å². The van der Waals surface area contributed by atoms with Gasteiger partial charge in [0.2, 0.25) is 11.7 Å². The molecule has 0 bridgehead atoms. The summed E-state index contributed by atoms with van der Waals surface area (Å²) in [4.78, 5) is 22.1. The van der Waals surface area contributed by atoms with Crippen molar-refractivity contribution < 1.29 is 29.0 Å². The standard InChI is InChI=1S/C15H19N3O7/c1-3-23-12-7-10(6-11(14(12)20)18(21)22)9-16-17-13(19)8-15(2)24-4-5-25-15/h6-7,9,20H,3-5,8H2,1-2H3,(H,17,19)/b16-9-. The number of ether oxygens (including phenoxy) is 3. The van der Waals surface area contributed by atoms with Crippen LogP contribution in [0.4, 0.5) is 5.69 Å². The Morgan fingerprint density at radius 2 is 2.20 bits per heavy atom. The molecule has 1 heterocycles. The monoisotopic (exact) mass is 353 g/mol. The number of hydrazone groups is 1. The highest BCUT2D eigenvalue weighted by atomic mass is 16.7. The lowest BCUT2D eigenvalue weighted by molar-refractivity contribution is -0.386. The molecule has 0 spiro atoms. The summed E-state index contributed by atoms with van der Waals surface area (Å²) in [6.45, 7) is 4.40. The van der Waals surface area contributed by atoms with Gasteiger partial charge in [-0.15, -0.1) is 0 Å². The second-order valence-electron chi connectivity index (χ2n) is 5.38. The number of benzene rings is 1.